The van der Waals surface area contributed by atoms with Crippen molar-refractivity contribution in [3.8, 4) is 22.5 Å². The third kappa shape index (κ3) is 2.91. The summed E-state index contributed by atoms with van der Waals surface area (Å²) >= 11 is 0. The van der Waals surface area contributed by atoms with Crippen LogP contribution in [-0.2, 0) is 12.6 Å². The molecule has 0 saturated heterocycles. The van der Waals surface area contributed by atoms with Gasteiger partial charge in [-0.3, -0.25) is 4.68 Å². The fraction of sp³-hybridized carbons (Fsp3) is 0.200. The predicted molar refractivity (Wildman–Crippen MR) is 104 cm³/mol. The van der Waals surface area contributed by atoms with Crippen LogP contribution in [0, 0.1) is 5.82 Å². The monoisotopic (exact) mass is 392 g/mol. The second-order valence-corrected chi connectivity index (χ2v) is 7.25. The first-order valence-electron chi connectivity index (χ1n) is 9.10. The maximum Gasteiger partial charge on any atom is 0.405 e. The molecule has 1 saturated carbocycles. The van der Waals surface area contributed by atoms with E-state index in [4.69, 9.17) is 5.11 Å². The van der Waals surface area contributed by atoms with Crippen LogP contribution in [0.1, 0.15) is 18.4 Å². The Balaban J connectivity index is 1.56. The fourth-order valence-electron chi connectivity index (χ4n) is 3.69. The topological polar surface area (TPSA) is 109 Å². The maximum atomic E-state index is 14.9. The molecule has 8 nitrogen and oxygen atoms in total. The minimum absolute atomic E-state index is 0.370. The Bertz CT molecular complexity index is 1260. The lowest BCUT2D eigenvalue weighted by molar-refractivity contribution is 0.188. The van der Waals surface area contributed by atoms with Gasteiger partial charge < -0.3 is 15.4 Å². The Morgan fingerprint density at radius 1 is 1.31 bits per heavy atom. The van der Waals surface area contributed by atoms with Crippen molar-refractivity contribution in [2.24, 2.45) is 7.05 Å². The first-order chi connectivity index (χ1) is 13.9. The molecule has 0 atom stereocenters. The van der Waals surface area contributed by atoms with Crippen molar-refractivity contribution in [3.05, 3.63) is 54.2 Å². The van der Waals surface area contributed by atoms with Crippen molar-refractivity contribution >= 4 is 17.3 Å². The first kappa shape index (κ1) is 17.4. The van der Waals surface area contributed by atoms with Crippen LogP contribution in [0.3, 0.4) is 0 Å². The van der Waals surface area contributed by atoms with E-state index in [2.05, 4.69) is 25.4 Å². The molecule has 3 aromatic heterocycles. The van der Waals surface area contributed by atoms with Crippen LogP contribution in [-0.4, -0.2) is 35.9 Å². The molecule has 0 spiro atoms. The summed E-state index contributed by atoms with van der Waals surface area (Å²) in [6, 6.07) is 6.67. The zero-order valence-electron chi connectivity index (χ0n) is 15.5. The number of aromatic amines is 1. The second-order valence-electron chi connectivity index (χ2n) is 7.25. The highest BCUT2D eigenvalue weighted by Crippen LogP contribution is 2.47. The van der Waals surface area contributed by atoms with Gasteiger partial charge in [0.2, 0.25) is 0 Å². The van der Waals surface area contributed by atoms with Gasteiger partial charge in [0.15, 0.2) is 5.65 Å². The van der Waals surface area contributed by atoms with Gasteiger partial charge >= 0.3 is 6.09 Å². The average molecular weight is 392 g/mol. The average Bonchev–Trinajstić information content (AvgIpc) is 3.11. The number of nitrogens with one attached hydrogen (secondary N) is 2. The zero-order chi connectivity index (χ0) is 20.2. The molecular weight excluding hydrogens is 375 g/mol. The number of aryl methyl sites for hydroxylation is 1. The lowest BCUT2D eigenvalue weighted by atomic mass is 9.98. The molecule has 4 aromatic rings. The molecule has 1 aromatic carbocycles. The number of pyridine rings is 1. The lowest BCUT2D eigenvalue weighted by Gasteiger charge is -2.17. The van der Waals surface area contributed by atoms with Crippen LogP contribution in [0.15, 0.2) is 42.9 Å². The standard InChI is InChI=1S/C20H17FN6O2/c1-27-10-12(9-23-27)17-24-16-13(4-7-22-18(16)25-17)11-2-3-14(15(21)8-11)20(5-6-20)26-19(28)29/h2-4,7-10,26H,5-6H2,1H3,(H,28,29)(H,22,24,25). The number of H-pyrrole nitrogens is 1. The van der Waals surface area contributed by atoms with E-state index >= 15 is 0 Å². The highest BCUT2D eigenvalue weighted by atomic mass is 19.1. The van der Waals surface area contributed by atoms with E-state index < -0.39 is 17.4 Å². The molecule has 1 aliphatic rings. The lowest BCUT2D eigenvalue weighted by Crippen LogP contribution is -2.34. The number of hydrogen-bond acceptors (Lipinski definition) is 4. The van der Waals surface area contributed by atoms with Crippen molar-refractivity contribution in [2.75, 3.05) is 0 Å². The number of benzene rings is 1. The normalized spacial score (nSPS) is 14.8. The van der Waals surface area contributed by atoms with E-state index in [0.29, 0.717) is 41.0 Å². The SMILES string of the molecule is Cn1cc(-c2nc3nccc(-c4ccc(C5(NC(=O)O)CC5)c(F)c4)c3[nH]2)cn1. The summed E-state index contributed by atoms with van der Waals surface area (Å²) in [6.45, 7) is 0. The number of carboxylic acid groups (broad SMARTS) is 1. The fourth-order valence-corrected chi connectivity index (χ4v) is 3.69. The van der Waals surface area contributed by atoms with Gasteiger partial charge in [-0.05, 0) is 30.5 Å². The van der Waals surface area contributed by atoms with Crippen molar-refractivity contribution in [1.82, 2.24) is 30.0 Å². The molecule has 0 bridgehead atoms. The minimum Gasteiger partial charge on any atom is -0.465 e. The van der Waals surface area contributed by atoms with Crippen molar-refractivity contribution in [3.63, 3.8) is 0 Å². The molecule has 0 radical (unpaired) electrons. The number of nitrogens with zero attached hydrogens (tertiary/aromatic N) is 4. The van der Waals surface area contributed by atoms with Gasteiger partial charge in [0.05, 0.1) is 22.8 Å². The number of fused-ring (bicyclic) bond motifs is 1. The minimum atomic E-state index is -1.15. The van der Waals surface area contributed by atoms with Crippen LogP contribution < -0.4 is 5.32 Å². The zero-order valence-corrected chi connectivity index (χ0v) is 15.5. The van der Waals surface area contributed by atoms with E-state index in [1.165, 1.54) is 6.07 Å². The smallest absolute Gasteiger partial charge is 0.405 e. The van der Waals surface area contributed by atoms with Gasteiger partial charge in [-0.25, -0.2) is 19.2 Å². The summed E-state index contributed by atoms with van der Waals surface area (Å²) < 4.78 is 16.6. The van der Waals surface area contributed by atoms with Crippen molar-refractivity contribution in [2.45, 2.75) is 18.4 Å². The van der Waals surface area contributed by atoms with Crippen LogP contribution in [0.4, 0.5) is 9.18 Å². The van der Waals surface area contributed by atoms with E-state index in [-0.39, 0.29) is 0 Å². The van der Waals surface area contributed by atoms with Crippen LogP contribution in [0.25, 0.3) is 33.7 Å². The van der Waals surface area contributed by atoms with Crippen LogP contribution in [0.2, 0.25) is 0 Å². The van der Waals surface area contributed by atoms with Crippen molar-refractivity contribution < 1.29 is 14.3 Å². The van der Waals surface area contributed by atoms with Gasteiger partial charge in [0.25, 0.3) is 0 Å². The van der Waals surface area contributed by atoms with Gasteiger partial charge in [-0.1, -0.05) is 12.1 Å². The summed E-state index contributed by atoms with van der Waals surface area (Å²) in [6.07, 6.45) is 5.20. The molecule has 3 heterocycles. The molecule has 3 N–H and O–H groups in total. The highest BCUT2D eigenvalue weighted by Gasteiger charge is 2.47. The maximum absolute atomic E-state index is 14.9. The molecule has 146 valence electrons. The van der Waals surface area contributed by atoms with Gasteiger partial charge in [-0.15, -0.1) is 0 Å². The third-order valence-corrected chi connectivity index (χ3v) is 5.26. The summed E-state index contributed by atoms with van der Waals surface area (Å²) in [7, 11) is 1.83. The quantitative estimate of drug-likeness (QED) is 0.493. The Hall–Kier alpha value is -3.75. The van der Waals surface area contributed by atoms with Crippen LogP contribution >= 0.6 is 0 Å². The molecule has 1 aliphatic carbocycles. The predicted octanol–water partition coefficient (Wildman–Crippen LogP) is 3.42. The Morgan fingerprint density at radius 3 is 2.79 bits per heavy atom. The number of rotatable bonds is 4. The number of amides is 1. The Labute approximate surface area is 164 Å². The summed E-state index contributed by atoms with van der Waals surface area (Å²) in [4.78, 5) is 23.1. The van der Waals surface area contributed by atoms with E-state index in [1.807, 2.05) is 13.2 Å². The summed E-state index contributed by atoms with van der Waals surface area (Å²) in [5.41, 5.74) is 3.03. The Morgan fingerprint density at radius 2 is 2.14 bits per heavy atom. The molecule has 1 amide bonds. The van der Waals surface area contributed by atoms with Gasteiger partial charge in [-0.2, -0.15) is 5.10 Å². The van der Waals surface area contributed by atoms with Crippen LogP contribution in [0.5, 0.6) is 0 Å². The number of halogens is 1. The summed E-state index contributed by atoms with van der Waals surface area (Å²) in [5.74, 6) is 0.193. The highest BCUT2D eigenvalue weighted by molar-refractivity contribution is 5.91. The van der Waals surface area contributed by atoms with E-state index in [0.717, 1.165) is 11.1 Å². The Kier molecular flexibility index (Phi) is 3.67. The third-order valence-electron chi connectivity index (χ3n) is 5.26. The first-order valence-corrected chi connectivity index (χ1v) is 9.10. The second kappa shape index (κ2) is 6.13. The number of imidazole rings is 1. The van der Waals surface area contributed by atoms with E-state index in [9.17, 15) is 9.18 Å². The van der Waals surface area contributed by atoms with Gasteiger partial charge in [0, 0.05) is 30.6 Å². The molecular formula is C20H17FN6O2. The molecule has 5 rings (SSSR count). The molecule has 0 aliphatic heterocycles. The number of hydrogen-bond donors (Lipinski definition) is 3. The number of aromatic nitrogens is 5. The largest absolute Gasteiger partial charge is 0.465 e. The van der Waals surface area contributed by atoms with E-state index in [1.54, 1.807) is 35.3 Å². The van der Waals surface area contributed by atoms with Crippen molar-refractivity contribution in [1.29, 1.82) is 0 Å². The molecule has 29 heavy (non-hydrogen) atoms. The molecule has 9 heteroatoms. The number of carbonyl (C=O) groups is 1. The van der Waals surface area contributed by atoms with Gasteiger partial charge in [0.1, 0.15) is 11.6 Å². The molecule has 0 unspecified atom stereocenters. The molecule has 1 fully saturated rings. The summed E-state index contributed by atoms with van der Waals surface area (Å²) in [5, 5.41) is 15.6.